The standard InChI is InChI=1S/C16H21ClN4O/c1-3-9-21-15(7-8-16(22)18-2)19-14(20-21)11-12-5-4-6-13(17)10-12/h4-6,10H,3,7-9,11H2,1-2H3,(H,18,22). The van der Waals surface area contributed by atoms with Crippen LogP contribution in [0.25, 0.3) is 0 Å². The van der Waals surface area contributed by atoms with Crippen molar-refractivity contribution in [1.82, 2.24) is 20.1 Å². The second kappa shape index (κ2) is 7.94. The third kappa shape index (κ3) is 4.56. The molecule has 1 heterocycles. The number of rotatable bonds is 7. The lowest BCUT2D eigenvalue weighted by Gasteiger charge is -2.03. The SMILES string of the molecule is CCCn1nc(Cc2cccc(Cl)c2)nc1CCC(=O)NC. The van der Waals surface area contributed by atoms with Gasteiger partial charge in [0.05, 0.1) is 0 Å². The van der Waals surface area contributed by atoms with E-state index >= 15 is 0 Å². The van der Waals surface area contributed by atoms with Crippen molar-refractivity contribution in [1.29, 1.82) is 0 Å². The Morgan fingerprint density at radius 1 is 1.41 bits per heavy atom. The Balaban J connectivity index is 2.13. The van der Waals surface area contributed by atoms with Crippen LogP contribution in [0.5, 0.6) is 0 Å². The summed E-state index contributed by atoms with van der Waals surface area (Å²) in [5, 5.41) is 7.90. The molecule has 1 N–H and O–H groups in total. The molecule has 0 fully saturated rings. The van der Waals surface area contributed by atoms with Crippen LogP contribution >= 0.6 is 11.6 Å². The van der Waals surface area contributed by atoms with Gasteiger partial charge in [0, 0.05) is 37.9 Å². The molecule has 5 nitrogen and oxygen atoms in total. The summed E-state index contributed by atoms with van der Waals surface area (Å²) in [6, 6.07) is 7.71. The number of benzene rings is 1. The normalized spacial score (nSPS) is 10.7. The number of hydrogen-bond acceptors (Lipinski definition) is 3. The van der Waals surface area contributed by atoms with Gasteiger partial charge < -0.3 is 5.32 Å². The van der Waals surface area contributed by atoms with E-state index in [1.54, 1.807) is 7.05 Å². The molecule has 0 aliphatic rings. The molecule has 1 aromatic carbocycles. The van der Waals surface area contributed by atoms with E-state index in [0.29, 0.717) is 24.3 Å². The summed E-state index contributed by atoms with van der Waals surface area (Å²) < 4.78 is 1.91. The Morgan fingerprint density at radius 2 is 2.23 bits per heavy atom. The average molecular weight is 321 g/mol. The van der Waals surface area contributed by atoms with E-state index in [4.69, 9.17) is 11.6 Å². The highest BCUT2D eigenvalue weighted by atomic mass is 35.5. The van der Waals surface area contributed by atoms with Gasteiger partial charge in [-0.1, -0.05) is 30.7 Å². The van der Waals surface area contributed by atoms with E-state index < -0.39 is 0 Å². The second-order valence-electron chi connectivity index (χ2n) is 5.15. The molecule has 6 heteroatoms. The van der Waals surface area contributed by atoms with E-state index in [9.17, 15) is 4.79 Å². The van der Waals surface area contributed by atoms with E-state index in [2.05, 4.69) is 22.3 Å². The molecule has 0 radical (unpaired) electrons. The topological polar surface area (TPSA) is 59.8 Å². The van der Waals surface area contributed by atoms with Crippen molar-refractivity contribution in [3.63, 3.8) is 0 Å². The molecule has 1 amide bonds. The molecular formula is C16H21ClN4O. The predicted octanol–water partition coefficient (Wildman–Crippen LogP) is 2.61. The fourth-order valence-corrected chi connectivity index (χ4v) is 2.47. The summed E-state index contributed by atoms with van der Waals surface area (Å²) in [7, 11) is 1.64. The molecule has 118 valence electrons. The molecule has 0 unspecified atom stereocenters. The Bertz CT molecular complexity index is 639. The quantitative estimate of drug-likeness (QED) is 0.853. The van der Waals surface area contributed by atoms with Gasteiger partial charge in [-0.25, -0.2) is 9.67 Å². The van der Waals surface area contributed by atoms with Gasteiger partial charge in [0.25, 0.3) is 0 Å². The maximum atomic E-state index is 11.4. The first kappa shape index (κ1) is 16.5. The third-order valence-corrected chi connectivity index (χ3v) is 3.57. The highest BCUT2D eigenvalue weighted by Crippen LogP contribution is 2.14. The minimum atomic E-state index is 0.0161. The smallest absolute Gasteiger partial charge is 0.220 e. The van der Waals surface area contributed by atoms with Crippen LogP contribution in [0, 0.1) is 0 Å². The first-order valence-electron chi connectivity index (χ1n) is 7.50. The summed E-state index contributed by atoms with van der Waals surface area (Å²) in [5.41, 5.74) is 1.08. The number of nitrogens with zero attached hydrogens (tertiary/aromatic N) is 3. The molecule has 0 saturated carbocycles. The molecule has 2 rings (SSSR count). The lowest BCUT2D eigenvalue weighted by Crippen LogP contribution is -2.19. The monoisotopic (exact) mass is 320 g/mol. The van der Waals surface area contributed by atoms with E-state index in [1.807, 2.05) is 28.9 Å². The summed E-state index contributed by atoms with van der Waals surface area (Å²) in [6.45, 7) is 2.91. The molecule has 0 saturated heterocycles. The van der Waals surface area contributed by atoms with Crippen LogP contribution in [0.4, 0.5) is 0 Å². The van der Waals surface area contributed by atoms with Crippen molar-refractivity contribution >= 4 is 17.5 Å². The summed E-state index contributed by atoms with van der Waals surface area (Å²) in [5.74, 6) is 1.65. The molecule has 0 atom stereocenters. The average Bonchev–Trinajstić information content (AvgIpc) is 2.87. The number of aromatic nitrogens is 3. The lowest BCUT2D eigenvalue weighted by atomic mass is 10.1. The van der Waals surface area contributed by atoms with Crippen LogP contribution in [0.2, 0.25) is 5.02 Å². The minimum Gasteiger partial charge on any atom is -0.359 e. The van der Waals surface area contributed by atoms with E-state index in [0.717, 1.165) is 30.2 Å². The van der Waals surface area contributed by atoms with Crippen LogP contribution in [-0.2, 0) is 24.2 Å². The van der Waals surface area contributed by atoms with Gasteiger partial charge in [-0.05, 0) is 24.1 Å². The van der Waals surface area contributed by atoms with Crippen LogP contribution in [0.15, 0.2) is 24.3 Å². The third-order valence-electron chi connectivity index (χ3n) is 3.33. The zero-order valence-corrected chi connectivity index (χ0v) is 13.7. The summed E-state index contributed by atoms with van der Waals surface area (Å²) in [4.78, 5) is 16.0. The molecule has 2 aromatic rings. The van der Waals surface area contributed by atoms with Gasteiger partial charge >= 0.3 is 0 Å². The van der Waals surface area contributed by atoms with Gasteiger partial charge in [0.1, 0.15) is 5.82 Å². The fourth-order valence-electron chi connectivity index (χ4n) is 2.26. The number of carbonyl (C=O) groups excluding carboxylic acids is 1. The number of aryl methyl sites for hydroxylation is 2. The van der Waals surface area contributed by atoms with Gasteiger partial charge in [0.2, 0.25) is 5.91 Å². The largest absolute Gasteiger partial charge is 0.359 e. The van der Waals surface area contributed by atoms with Crippen molar-refractivity contribution in [2.75, 3.05) is 7.05 Å². The van der Waals surface area contributed by atoms with Crippen LogP contribution < -0.4 is 5.32 Å². The van der Waals surface area contributed by atoms with E-state index in [-0.39, 0.29) is 5.91 Å². The highest BCUT2D eigenvalue weighted by Gasteiger charge is 2.11. The van der Waals surface area contributed by atoms with Crippen molar-refractivity contribution in [2.24, 2.45) is 0 Å². The van der Waals surface area contributed by atoms with Gasteiger partial charge in [-0.15, -0.1) is 0 Å². The van der Waals surface area contributed by atoms with Gasteiger partial charge in [-0.2, -0.15) is 5.10 Å². The van der Waals surface area contributed by atoms with E-state index in [1.165, 1.54) is 0 Å². The summed E-state index contributed by atoms with van der Waals surface area (Å²) >= 11 is 6.01. The highest BCUT2D eigenvalue weighted by molar-refractivity contribution is 6.30. The predicted molar refractivity (Wildman–Crippen MR) is 87.0 cm³/mol. The number of nitrogens with one attached hydrogen (secondary N) is 1. The van der Waals surface area contributed by atoms with Crippen LogP contribution in [0.1, 0.15) is 37.0 Å². The van der Waals surface area contributed by atoms with Crippen molar-refractivity contribution in [3.05, 3.63) is 46.5 Å². The fraction of sp³-hybridized carbons (Fsp3) is 0.438. The molecule has 0 spiro atoms. The Morgan fingerprint density at radius 3 is 2.91 bits per heavy atom. The van der Waals surface area contributed by atoms with Crippen molar-refractivity contribution in [2.45, 2.75) is 39.2 Å². The lowest BCUT2D eigenvalue weighted by molar-refractivity contribution is -0.120. The number of amides is 1. The molecular weight excluding hydrogens is 300 g/mol. The van der Waals surface area contributed by atoms with Crippen LogP contribution in [0.3, 0.4) is 0 Å². The maximum Gasteiger partial charge on any atom is 0.220 e. The molecule has 1 aromatic heterocycles. The Labute approximate surface area is 135 Å². The molecule has 0 aliphatic carbocycles. The number of hydrogen-bond donors (Lipinski definition) is 1. The van der Waals surface area contributed by atoms with Crippen LogP contribution in [-0.4, -0.2) is 27.7 Å². The van der Waals surface area contributed by atoms with Gasteiger partial charge in [0.15, 0.2) is 5.82 Å². The first-order chi connectivity index (χ1) is 10.6. The van der Waals surface area contributed by atoms with Gasteiger partial charge in [-0.3, -0.25) is 4.79 Å². The first-order valence-corrected chi connectivity index (χ1v) is 7.87. The number of halogens is 1. The van der Waals surface area contributed by atoms with Crippen molar-refractivity contribution < 1.29 is 4.79 Å². The zero-order chi connectivity index (χ0) is 15.9. The second-order valence-corrected chi connectivity index (χ2v) is 5.58. The van der Waals surface area contributed by atoms with Crippen molar-refractivity contribution in [3.8, 4) is 0 Å². The summed E-state index contributed by atoms with van der Waals surface area (Å²) in [6.07, 6.45) is 2.65. The molecule has 0 aliphatic heterocycles. The molecule has 0 bridgehead atoms. The minimum absolute atomic E-state index is 0.0161. The number of carbonyl (C=O) groups is 1. The zero-order valence-electron chi connectivity index (χ0n) is 13.0. The molecule has 22 heavy (non-hydrogen) atoms. The Hall–Kier alpha value is -1.88. The Kier molecular flexibility index (Phi) is 5.95. The maximum absolute atomic E-state index is 11.4.